The maximum atomic E-state index is 10.9. The number of nitriles is 1. The van der Waals surface area contributed by atoms with Crippen LogP contribution in [0.15, 0.2) is 36.4 Å². The van der Waals surface area contributed by atoms with Crippen LogP contribution in [0.3, 0.4) is 0 Å². The lowest BCUT2D eigenvalue weighted by molar-refractivity contribution is -0.385. The summed E-state index contributed by atoms with van der Waals surface area (Å²) in [6.45, 7) is 0. The molecule has 0 radical (unpaired) electrons. The van der Waals surface area contributed by atoms with Gasteiger partial charge < -0.3 is 4.74 Å². The lowest BCUT2D eigenvalue weighted by atomic mass is 10.2. The van der Waals surface area contributed by atoms with Crippen LogP contribution in [0.2, 0.25) is 10.0 Å². The molecule has 20 heavy (non-hydrogen) atoms. The summed E-state index contributed by atoms with van der Waals surface area (Å²) in [5.41, 5.74) is -0.357. The third-order valence-electron chi connectivity index (χ3n) is 2.36. The Morgan fingerprint density at radius 1 is 1.10 bits per heavy atom. The first-order chi connectivity index (χ1) is 9.49. The van der Waals surface area contributed by atoms with Crippen molar-refractivity contribution in [3.05, 3.63) is 62.1 Å². The van der Waals surface area contributed by atoms with Gasteiger partial charge in [-0.25, -0.2) is 0 Å². The first-order valence-electron chi connectivity index (χ1n) is 5.32. The number of nitrogens with zero attached hydrogens (tertiary/aromatic N) is 2. The molecular formula is C13H6Cl2N2O3. The van der Waals surface area contributed by atoms with E-state index < -0.39 is 4.92 Å². The van der Waals surface area contributed by atoms with Gasteiger partial charge in [-0.05, 0) is 30.3 Å². The molecule has 0 aliphatic rings. The van der Waals surface area contributed by atoms with Gasteiger partial charge in [0, 0.05) is 10.0 Å². The summed E-state index contributed by atoms with van der Waals surface area (Å²) in [6, 6.07) is 10.3. The number of ether oxygens (including phenoxy) is 1. The van der Waals surface area contributed by atoms with Crippen molar-refractivity contribution in [2.45, 2.75) is 0 Å². The predicted octanol–water partition coefficient (Wildman–Crippen LogP) is 4.57. The maximum absolute atomic E-state index is 10.9. The molecule has 2 aromatic rings. The Labute approximate surface area is 124 Å². The molecular weight excluding hydrogens is 303 g/mol. The Bertz CT molecular complexity index is 706. The molecule has 7 heteroatoms. The molecule has 0 aromatic heterocycles. The number of rotatable bonds is 3. The van der Waals surface area contributed by atoms with E-state index >= 15 is 0 Å². The fourth-order valence-electron chi connectivity index (χ4n) is 1.54. The highest BCUT2D eigenvalue weighted by Gasteiger charge is 2.15. The molecule has 0 spiro atoms. The average Bonchev–Trinajstić information content (AvgIpc) is 2.37. The Balaban J connectivity index is 2.37. The molecule has 0 saturated heterocycles. The van der Waals surface area contributed by atoms with E-state index in [-0.39, 0.29) is 17.0 Å². The number of nitro benzene ring substituents is 1. The zero-order chi connectivity index (χ0) is 14.7. The van der Waals surface area contributed by atoms with Crippen LogP contribution in [-0.2, 0) is 0 Å². The Hall–Kier alpha value is -2.29. The highest BCUT2D eigenvalue weighted by Crippen LogP contribution is 2.31. The van der Waals surface area contributed by atoms with Gasteiger partial charge in [-0.3, -0.25) is 10.1 Å². The Morgan fingerprint density at radius 2 is 1.75 bits per heavy atom. The highest BCUT2D eigenvalue weighted by atomic mass is 35.5. The molecule has 2 rings (SSSR count). The SMILES string of the molecule is N#Cc1ccc(Oc2cc(Cl)cc(Cl)c2)cc1[N+](=O)[O-]. The van der Waals surface area contributed by atoms with Crippen LogP contribution in [0.25, 0.3) is 0 Å². The van der Waals surface area contributed by atoms with Crippen LogP contribution < -0.4 is 4.74 Å². The van der Waals surface area contributed by atoms with Crippen LogP contribution in [-0.4, -0.2) is 4.92 Å². The maximum Gasteiger partial charge on any atom is 0.290 e. The van der Waals surface area contributed by atoms with E-state index in [1.165, 1.54) is 36.4 Å². The van der Waals surface area contributed by atoms with Gasteiger partial charge in [-0.2, -0.15) is 5.26 Å². The fraction of sp³-hybridized carbons (Fsp3) is 0. The number of halogens is 2. The summed E-state index contributed by atoms with van der Waals surface area (Å²) in [5.74, 6) is 0.565. The van der Waals surface area contributed by atoms with Crippen LogP contribution in [0.1, 0.15) is 5.56 Å². The van der Waals surface area contributed by atoms with Gasteiger partial charge in [0.2, 0.25) is 0 Å². The van der Waals surface area contributed by atoms with E-state index in [1.807, 2.05) is 0 Å². The van der Waals surface area contributed by atoms with Crippen molar-refractivity contribution < 1.29 is 9.66 Å². The van der Waals surface area contributed by atoms with Crippen molar-refractivity contribution in [2.75, 3.05) is 0 Å². The van der Waals surface area contributed by atoms with E-state index in [0.29, 0.717) is 15.8 Å². The second-order valence-electron chi connectivity index (χ2n) is 3.76. The van der Waals surface area contributed by atoms with E-state index in [1.54, 1.807) is 6.07 Å². The van der Waals surface area contributed by atoms with E-state index in [2.05, 4.69) is 0 Å². The lowest BCUT2D eigenvalue weighted by Crippen LogP contribution is -1.93. The van der Waals surface area contributed by atoms with Gasteiger partial charge in [0.05, 0.1) is 11.0 Å². The summed E-state index contributed by atoms with van der Waals surface area (Å²) in [6.07, 6.45) is 0. The minimum absolute atomic E-state index is 0.0357. The fourth-order valence-corrected chi connectivity index (χ4v) is 2.05. The molecule has 0 fully saturated rings. The molecule has 5 nitrogen and oxygen atoms in total. The van der Waals surface area contributed by atoms with Crippen LogP contribution in [0.4, 0.5) is 5.69 Å². The number of hydrogen-bond acceptors (Lipinski definition) is 4. The topological polar surface area (TPSA) is 76.2 Å². The van der Waals surface area contributed by atoms with Crippen molar-refractivity contribution in [1.29, 1.82) is 5.26 Å². The Morgan fingerprint density at radius 3 is 2.30 bits per heavy atom. The zero-order valence-electron chi connectivity index (χ0n) is 9.84. The monoisotopic (exact) mass is 308 g/mol. The predicted molar refractivity (Wildman–Crippen MR) is 74.3 cm³/mol. The summed E-state index contributed by atoms with van der Waals surface area (Å²) in [7, 11) is 0. The second-order valence-corrected chi connectivity index (χ2v) is 4.63. The summed E-state index contributed by atoms with van der Waals surface area (Å²) < 4.78 is 5.45. The van der Waals surface area contributed by atoms with Gasteiger partial charge in [0.1, 0.15) is 23.1 Å². The van der Waals surface area contributed by atoms with E-state index in [9.17, 15) is 10.1 Å². The quantitative estimate of drug-likeness (QED) is 0.615. The van der Waals surface area contributed by atoms with Crippen molar-refractivity contribution in [2.24, 2.45) is 0 Å². The van der Waals surface area contributed by atoms with Crippen LogP contribution >= 0.6 is 23.2 Å². The minimum atomic E-state index is -0.642. The lowest BCUT2D eigenvalue weighted by Gasteiger charge is -2.07. The molecule has 0 N–H and O–H groups in total. The third kappa shape index (κ3) is 3.18. The van der Waals surface area contributed by atoms with Gasteiger partial charge in [-0.15, -0.1) is 0 Å². The normalized spacial score (nSPS) is 9.85. The zero-order valence-corrected chi connectivity index (χ0v) is 11.4. The molecule has 2 aromatic carbocycles. The second kappa shape index (κ2) is 5.78. The molecule has 0 bridgehead atoms. The number of benzene rings is 2. The average molecular weight is 309 g/mol. The third-order valence-corrected chi connectivity index (χ3v) is 2.79. The highest BCUT2D eigenvalue weighted by molar-refractivity contribution is 6.34. The van der Waals surface area contributed by atoms with Gasteiger partial charge in [0.25, 0.3) is 5.69 Å². The van der Waals surface area contributed by atoms with Crippen molar-refractivity contribution >= 4 is 28.9 Å². The van der Waals surface area contributed by atoms with Gasteiger partial charge in [-0.1, -0.05) is 23.2 Å². The minimum Gasteiger partial charge on any atom is -0.457 e. The standard InChI is InChI=1S/C13H6Cl2N2O3/c14-9-3-10(15)5-12(4-9)20-11-2-1-8(7-16)13(6-11)17(18)19/h1-6H. The number of nitro groups is 1. The Kier molecular flexibility index (Phi) is 4.08. The van der Waals surface area contributed by atoms with Crippen LogP contribution in [0.5, 0.6) is 11.5 Å². The summed E-state index contributed by atoms with van der Waals surface area (Å²) >= 11 is 11.7. The molecule has 0 aliphatic heterocycles. The molecule has 0 unspecified atom stereocenters. The first-order valence-corrected chi connectivity index (χ1v) is 6.07. The largest absolute Gasteiger partial charge is 0.457 e. The van der Waals surface area contributed by atoms with E-state index in [4.69, 9.17) is 33.2 Å². The van der Waals surface area contributed by atoms with Gasteiger partial charge in [0.15, 0.2) is 0 Å². The summed E-state index contributed by atoms with van der Waals surface area (Å²) in [5, 5.41) is 20.4. The molecule has 0 heterocycles. The molecule has 0 atom stereocenters. The molecule has 0 saturated carbocycles. The van der Waals surface area contributed by atoms with Crippen molar-refractivity contribution in [3.63, 3.8) is 0 Å². The van der Waals surface area contributed by atoms with Crippen molar-refractivity contribution in [3.8, 4) is 17.6 Å². The van der Waals surface area contributed by atoms with Crippen molar-refractivity contribution in [1.82, 2.24) is 0 Å². The first kappa shape index (κ1) is 14.1. The van der Waals surface area contributed by atoms with Gasteiger partial charge >= 0.3 is 0 Å². The number of hydrogen-bond donors (Lipinski definition) is 0. The van der Waals surface area contributed by atoms with E-state index in [0.717, 1.165) is 0 Å². The van der Waals surface area contributed by atoms with Crippen LogP contribution in [0, 0.1) is 21.4 Å². The smallest absolute Gasteiger partial charge is 0.290 e. The molecule has 100 valence electrons. The molecule has 0 amide bonds. The summed E-state index contributed by atoms with van der Waals surface area (Å²) in [4.78, 5) is 10.2. The molecule has 0 aliphatic carbocycles.